The molecule has 0 bridgehead atoms. The molecule has 0 amide bonds. The number of esters is 1. The van der Waals surface area contributed by atoms with Gasteiger partial charge in [0.25, 0.3) is 0 Å². The third-order valence-electron chi connectivity index (χ3n) is 2.50. The number of nitrogens with zero attached hydrogens (tertiary/aromatic N) is 1. The Morgan fingerprint density at radius 2 is 2.00 bits per heavy atom. The molecule has 0 saturated heterocycles. The van der Waals surface area contributed by atoms with Gasteiger partial charge in [0.05, 0.1) is 18.6 Å². The summed E-state index contributed by atoms with van der Waals surface area (Å²) in [4.78, 5) is 11.3. The Kier molecular flexibility index (Phi) is 5.68. The lowest BCUT2D eigenvalue weighted by Gasteiger charge is -2.17. The van der Waals surface area contributed by atoms with Crippen molar-refractivity contribution in [3.63, 3.8) is 0 Å². The molecule has 120 valence electrons. The number of benzene rings is 1. The van der Waals surface area contributed by atoms with Crippen LogP contribution in [0.5, 0.6) is 5.75 Å². The van der Waals surface area contributed by atoms with E-state index >= 15 is 0 Å². The van der Waals surface area contributed by atoms with Crippen LogP contribution in [0.15, 0.2) is 12.1 Å². The lowest BCUT2D eigenvalue weighted by molar-refractivity contribution is -0.143. The van der Waals surface area contributed by atoms with Gasteiger partial charge in [-0.25, -0.2) is 0 Å². The molecule has 0 fully saturated rings. The van der Waals surface area contributed by atoms with Gasteiger partial charge in [0.1, 0.15) is 17.4 Å². The second kappa shape index (κ2) is 7.06. The van der Waals surface area contributed by atoms with E-state index in [1.54, 1.807) is 0 Å². The Morgan fingerprint density at radius 1 is 1.36 bits per heavy atom. The van der Waals surface area contributed by atoms with E-state index in [1.807, 2.05) is 0 Å². The van der Waals surface area contributed by atoms with Crippen molar-refractivity contribution in [2.24, 2.45) is 0 Å². The summed E-state index contributed by atoms with van der Waals surface area (Å²) in [5.41, 5.74) is -3.14. The van der Waals surface area contributed by atoms with E-state index < -0.39 is 47.6 Å². The molecular weight excluding hydrogens is 313 g/mol. The number of nitriles is 1. The highest BCUT2D eigenvalue weighted by Crippen LogP contribution is 2.39. The zero-order valence-electron chi connectivity index (χ0n) is 11.2. The lowest BCUT2D eigenvalue weighted by Crippen LogP contribution is -2.17. The molecule has 0 aromatic heterocycles. The average molecular weight is 323 g/mol. The van der Waals surface area contributed by atoms with E-state index in [9.17, 15) is 26.7 Å². The molecule has 0 atom stereocenters. The topological polar surface area (TPSA) is 59.3 Å². The van der Waals surface area contributed by atoms with E-state index in [0.717, 1.165) is 12.1 Å². The summed E-state index contributed by atoms with van der Waals surface area (Å²) in [5.74, 6) is -1.84. The van der Waals surface area contributed by atoms with Crippen LogP contribution in [0, 0.1) is 11.3 Å². The quantitative estimate of drug-likeness (QED) is 0.616. The van der Waals surface area contributed by atoms with E-state index in [0.29, 0.717) is 0 Å². The minimum absolute atomic E-state index is 0.0299. The molecule has 0 aliphatic rings. The maximum absolute atomic E-state index is 13.1. The Morgan fingerprint density at radius 3 is 2.45 bits per heavy atom. The van der Waals surface area contributed by atoms with E-state index in [2.05, 4.69) is 9.47 Å². The second-order valence-corrected chi connectivity index (χ2v) is 3.94. The predicted molar refractivity (Wildman–Crippen MR) is 63.1 cm³/mol. The fourth-order valence-electron chi connectivity index (χ4n) is 1.77. The molecule has 1 aromatic carbocycles. The van der Waals surface area contributed by atoms with Crippen LogP contribution < -0.4 is 4.74 Å². The summed E-state index contributed by atoms with van der Waals surface area (Å²) in [6.45, 7) is -1.94. The number of carbonyl (C=O) groups excluding carboxylic acids is 1. The first-order valence-corrected chi connectivity index (χ1v) is 5.94. The molecule has 22 heavy (non-hydrogen) atoms. The van der Waals surface area contributed by atoms with Crippen LogP contribution in [0.2, 0.25) is 0 Å². The van der Waals surface area contributed by atoms with E-state index in [1.165, 1.54) is 13.0 Å². The molecule has 0 unspecified atom stereocenters. The summed E-state index contributed by atoms with van der Waals surface area (Å²) in [6.07, 6.45) is -5.76. The standard InChI is InChI=1S/C13H10F5NO3/c1-2-21-10(20)5-7-3-4-9(22-12(14)15)8(6-19)11(7)13(16,17)18/h3-4,12H,2,5H2,1H3. The molecule has 0 spiro atoms. The molecule has 0 heterocycles. The number of alkyl halides is 5. The summed E-state index contributed by atoms with van der Waals surface area (Å²) in [6, 6.07) is 2.78. The molecule has 0 aliphatic heterocycles. The van der Waals surface area contributed by atoms with Gasteiger partial charge in [0, 0.05) is 0 Å². The highest BCUT2D eigenvalue weighted by atomic mass is 19.4. The number of ether oxygens (including phenoxy) is 2. The molecule has 1 aromatic rings. The van der Waals surface area contributed by atoms with Crippen LogP contribution >= 0.6 is 0 Å². The van der Waals surface area contributed by atoms with Crippen molar-refractivity contribution in [2.75, 3.05) is 6.61 Å². The Balaban J connectivity index is 3.40. The first-order valence-electron chi connectivity index (χ1n) is 5.94. The van der Waals surface area contributed by atoms with Gasteiger partial charge in [-0.15, -0.1) is 0 Å². The molecule has 0 saturated carbocycles. The van der Waals surface area contributed by atoms with E-state index in [-0.39, 0.29) is 6.61 Å². The van der Waals surface area contributed by atoms with Crippen LogP contribution in [-0.4, -0.2) is 19.2 Å². The van der Waals surface area contributed by atoms with Crippen molar-refractivity contribution in [1.29, 1.82) is 5.26 Å². The largest absolute Gasteiger partial charge is 0.466 e. The van der Waals surface area contributed by atoms with Gasteiger partial charge in [0.2, 0.25) is 0 Å². The van der Waals surface area contributed by atoms with Gasteiger partial charge in [0.15, 0.2) is 0 Å². The summed E-state index contributed by atoms with van der Waals surface area (Å²) in [5, 5.41) is 8.85. The normalized spacial score (nSPS) is 11.2. The zero-order chi connectivity index (χ0) is 16.9. The Hall–Kier alpha value is -2.37. The van der Waals surface area contributed by atoms with Gasteiger partial charge in [-0.05, 0) is 18.6 Å². The van der Waals surface area contributed by atoms with Gasteiger partial charge in [-0.3, -0.25) is 4.79 Å². The summed E-state index contributed by atoms with van der Waals surface area (Å²) < 4.78 is 72.1. The van der Waals surface area contributed by atoms with Crippen molar-refractivity contribution in [3.8, 4) is 11.8 Å². The molecule has 0 aliphatic carbocycles. The van der Waals surface area contributed by atoms with Gasteiger partial charge >= 0.3 is 18.8 Å². The fraction of sp³-hybridized carbons (Fsp3) is 0.385. The molecule has 9 heteroatoms. The molecule has 1 rings (SSSR count). The molecule has 0 radical (unpaired) electrons. The fourth-order valence-corrected chi connectivity index (χ4v) is 1.77. The number of rotatable bonds is 5. The average Bonchev–Trinajstić information content (AvgIpc) is 2.38. The first kappa shape index (κ1) is 17.7. The van der Waals surface area contributed by atoms with E-state index in [4.69, 9.17) is 5.26 Å². The SMILES string of the molecule is CCOC(=O)Cc1ccc(OC(F)F)c(C#N)c1C(F)(F)F. The number of carbonyl (C=O) groups is 1. The number of halogens is 5. The highest BCUT2D eigenvalue weighted by molar-refractivity contribution is 5.74. The molecule has 0 N–H and O–H groups in total. The van der Waals surface area contributed by atoms with Gasteiger partial charge < -0.3 is 9.47 Å². The molecular formula is C13H10F5NO3. The predicted octanol–water partition coefficient (Wildman–Crippen LogP) is 3.28. The van der Waals surface area contributed by atoms with Gasteiger partial charge in [-0.1, -0.05) is 6.07 Å². The van der Waals surface area contributed by atoms with Crippen LogP contribution in [0.1, 0.15) is 23.6 Å². The Labute approximate surface area is 122 Å². The smallest absolute Gasteiger partial charge is 0.418 e. The minimum Gasteiger partial charge on any atom is -0.466 e. The highest BCUT2D eigenvalue weighted by Gasteiger charge is 2.38. The van der Waals surface area contributed by atoms with Crippen LogP contribution in [0.25, 0.3) is 0 Å². The third-order valence-corrected chi connectivity index (χ3v) is 2.50. The Bertz CT molecular complexity index is 593. The minimum atomic E-state index is -5.02. The van der Waals surface area contributed by atoms with Crippen LogP contribution in [0.3, 0.4) is 0 Å². The first-order chi connectivity index (χ1) is 10.2. The van der Waals surface area contributed by atoms with Crippen molar-refractivity contribution >= 4 is 5.97 Å². The molecule has 4 nitrogen and oxygen atoms in total. The van der Waals surface area contributed by atoms with Gasteiger partial charge in [-0.2, -0.15) is 27.2 Å². The maximum atomic E-state index is 13.1. The third kappa shape index (κ3) is 4.31. The van der Waals surface area contributed by atoms with Crippen LogP contribution in [0.4, 0.5) is 22.0 Å². The van der Waals surface area contributed by atoms with Crippen LogP contribution in [-0.2, 0) is 22.1 Å². The van der Waals surface area contributed by atoms with Crippen molar-refractivity contribution in [2.45, 2.75) is 26.1 Å². The maximum Gasteiger partial charge on any atom is 0.418 e. The number of hydrogen-bond acceptors (Lipinski definition) is 4. The summed E-state index contributed by atoms with van der Waals surface area (Å²) in [7, 11) is 0. The van der Waals surface area contributed by atoms with Crippen molar-refractivity contribution in [3.05, 3.63) is 28.8 Å². The zero-order valence-corrected chi connectivity index (χ0v) is 11.2. The van der Waals surface area contributed by atoms with Crippen molar-refractivity contribution in [1.82, 2.24) is 0 Å². The van der Waals surface area contributed by atoms with Crippen molar-refractivity contribution < 1.29 is 36.2 Å². The summed E-state index contributed by atoms with van der Waals surface area (Å²) >= 11 is 0. The monoisotopic (exact) mass is 323 g/mol. The second-order valence-electron chi connectivity index (χ2n) is 3.94. The lowest BCUT2D eigenvalue weighted by atomic mass is 9.98. The number of hydrogen-bond donors (Lipinski definition) is 0.